The van der Waals surface area contributed by atoms with Gasteiger partial charge in [0.2, 0.25) is 0 Å². The van der Waals surface area contributed by atoms with E-state index in [2.05, 4.69) is 65.4 Å². The normalized spacial score (nSPS) is 22.1. The van der Waals surface area contributed by atoms with Crippen LogP contribution >= 0.6 is 12.4 Å². The van der Waals surface area contributed by atoms with Crippen molar-refractivity contribution in [3.8, 4) is 11.1 Å². The highest BCUT2D eigenvalue weighted by Crippen LogP contribution is 2.21. The van der Waals surface area contributed by atoms with Gasteiger partial charge in [-0.3, -0.25) is 9.88 Å². The van der Waals surface area contributed by atoms with Crippen molar-refractivity contribution in [1.29, 1.82) is 0 Å². The third kappa shape index (κ3) is 4.07. The number of rotatable bonds is 3. The minimum absolute atomic E-state index is 0. The van der Waals surface area contributed by atoms with E-state index < -0.39 is 0 Å². The van der Waals surface area contributed by atoms with E-state index in [1.54, 1.807) is 0 Å². The predicted molar refractivity (Wildman–Crippen MR) is 94.3 cm³/mol. The van der Waals surface area contributed by atoms with E-state index in [9.17, 15) is 0 Å². The highest BCUT2D eigenvalue weighted by Gasteiger charge is 2.22. The Balaban J connectivity index is 0.00000176. The molecule has 2 aromatic rings. The lowest BCUT2D eigenvalue weighted by Gasteiger charge is -2.37. The van der Waals surface area contributed by atoms with Crippen LogP contribution in [0.25, 0.3) is 11.1 Å². The van der Waals surface area contributed by atoms with E-state index in [0.29, 0.717) is 12.1 Å². The second kappa shape index (κ2) is 7.73. The second-order valence-corrected chi connectivity index (χ2v) is 6.02. The summed E-state index contributed by atoms with van der Waals surface area (Å²) in [5.41, 5.74) is 3.88. The van der Waals surface area contributed by atoms with Gasteiger partial charge in [-0.1, -0.05) is 18.2 Å². The van der Waals surface area contributed by atoms with Gasteiger partial charge in [-0.05, 0) is 48.7 Å². The number of nitrogens with one attached hydrogen (secondary N) is 1. The van der Waals surface area contributed by atoms with Crippen molar-refractivity contribution >= 4 is 12.4 Å². The van der Waals surface area contributed by atoms with Gasteiger partial charge in [-0.15, -0.1) is 12.4 Å². The lowest BCUT2D eigenvalue weighted by atomic mass is 10.0. The summed E-state index contributed by atoms with van der Waals surface area (Å²) in [5.74, 6) is 0. The summed E-state index contributed by atoms with van der Waals surface area (Å²) < 4.78 is 0. The summed E-state index contributed by atoms with van der Waals surface area (Å²) in [4.78, 5) is 6.65. The van der Waals surface area contributed by atoms with Gasteiger partial charge in [0, 0.05) is 44.1 Å². The summed E-state index contributed by atoms with van der Waals surface area (Å²) in [6.07, 6.45) is 3.70. The van der Waals surface area contributed by atoms with Gasteiger partial charge in [0.15, 0.2) is 0 Å². The lowest BCUT2D eigenvalue weighted by Crippen LogP contribution is -2.53. The molecule has 2 unspecified atom stereocenters. The molecule has 0 saturated carbocycles. The second-order valence-electron chi connectivity index (χ2n) is 6.02. The molecule has 1 saturated heterocycles. The van der Waals surface area contributed by atoms with Gasteiger partial charge in [0.1, 0.15) is 0 Å². The molecule has 3 nitrogen and oxygen atoms in total. The van der Waals surface area contributed by atoms with Crippen LogP contribution in [0.5, 0.6) is 0 Å². The largest absolute Gasteiger partial charge is 0.311 e. The Morgan fingerprint density at radius 1 is 1.14 bits per heavy atom. The van der Waals surface area contributed by atoms with Gasteiger partial charge >= 0.3 is 0 Å². The third-order valence-electron chi connectivity index (χ3n) is 4.22. The molecule has 118 valence electrons. The number of halogens is 1. The zero-order chi connectivity index (χ0) is 14.7. The topological polar surface area (TPSA) is 28.2 Å². The SMILES string of the molecule is CC1CN(Cc2cccc(-c3ccncc3)c2)C(C)CN1.Cl. The van der Waals surface area contributed by atoms with Crippen LogP contribution in [0.3, 0.4) is 0 Å². The van der Waals surface area contributed by atoms with Gasteiger partial charge in [-0.25, -0.2) is 0 Å². The Morgan fingerprint density at radius 2 is 1.91 bits per heavy atom. The number of nitrogens with zero attached hydrogens (tertiary/aromatic N) is 2. The molecule has 4 heteroatoms. The van der Waals surface area contributed by atoms with Crippen molar-refractivity contribution in [2.24, 2.45) is 0 Å². The van der Waals surface area contributed by atoms with Crippen molar-refractivity contribution in [3.63, 3.8) is 0 Å². The van der Waals surface area contributed by atoms with Gasteiger partial charge in [0.05, 0.1) is 0 Å². The molecule has 2 atom stereocenters. The van der Waals surface area contributed by atoms with Crippen molar-refractivity contribution in [1.82, 2.24) is 15.2 Å². The number of aromatic nitrogens is 1. The smallest absolute Gasteiger partial charge is 0.0273 e. The number of hydrogen-bond donors (Lipinski definition) is 1. The standard InChI is InChI=1S/C18H23N3.ClH/c1-14-12-21(15(2)11-20-14)13-16-4-3-5-18(10-16)17-6-8-19-9-7-17;/h3-10,14-15,20H,11-13H2,1-2H3;1H. The summed E-state index contributed by atoms with van der Waals surface area (Å²) in [7, 11) is 0. The fourth-order valence-corrected chi connectivity index (χ4v) is 2.95. The van der Waals surface area contributed by atoms with Crippen molar-refractivity contribution in [3.05, 3.63) is 54.4 Å². The van der Waals surface area contributed by atoms with E-state index in [1.165, 1.54) is 16.7 Å². The minimum atomic E-state index is 0. The van der Waals surface area contributed by atoms with Crippen LogP contribution in [0.1, 0.15) is 19.4 Å². The maximum Gasteiger partial charge on any atom is 0.0273 e. The summed E-state index contributed by atoms with van der Waals surface area (Å²) >= 11 is 0. The molecule has 1 aliphatic rings. The summed E-state index contributed by atoms with van der Waals surface area (Å²) in [5, 5.41) is 3.54. The average molecular weight is 318 g/mol. The van der Waals surface area contributed by atoms with Crippen molar-refractivity contribution in [2.45, 2.75) is 32.5 Å². The number of benzene rings is 1. The van der Waals surface area contributed by atoms with Crippen LogP contribution in [0, 0.1) is 0 Å². The van der Waals surface area contributed by atoms with Gasteiger partial charge in [-0.2, -0.15) is 0 Å². The molecule has 22 heavy (non-hydrogen) atoms. The monoisotopic (exact) mass is 317 g/mol. The zero-order valence-electron chi connectivity index (χ0n) is 13.2. The van der Waals surface area contributed by atoms with Crippen molar-refractivity contribution < 1.29 is 0 Å². The predicted octanol–water partition coefficient (Wildman–Crippen LogP) is 3.35. The van der Waals surface area contributed by atoms with Crippen LogP contribution in [0.15, 0.2) is 48.8 Å². The average Bonchev–Trinajstić information content (AvgIpc) is 2.52. The fraction of sp³-hybridized carbons (Fsp3) is 0.389. The molecule has 0 radical (unpaired) electrons. The van der Waals surface area contributed by atoms with E-state index >= 15 is 0 Å². The molecule has 0 spiro atoms. The fourth-order valence-electron chi connectivity index (χ4n) is 2.95. The molecule has 0 bridgehead atoms. The molecule has 1 aliphatic heterocycles. The molecular formula is C18H24ClN3. The highest BCUT2D eigenvalue weighted by atomic mass is 35.5. The van der Waals surface area contributed by atoms with Crippen LogP contribution in [0.4, 0.5) is 0 Å². The first-order valence-electron chi connectivity index (χ1n) is 7.69. The number of piperazine rings is 1. The molecule has 1 N–H and O–H groups in total. The summed E-state index contributed by atoms with van der Waals surface area (Å²) in [6, 6.07) is 14.1. The van der Waals surface area contributed by atoms with E-state index in [-0.39, 0.29) is 12.4 Å². The van der Waals surface area contributed by atoms with E-state index in [4.69, 9.17) is 0 Å². The van der Waals surface area contributed by atoms with E-state index in [0.717, 1.165) is 19.6 Å². The molecule has 1 fully saturated rings. The Kier molecular flexibility index (Phi) is 5.95. The lowest BCUT2D eigenvalue weighted by molar-refractivity contribution is 0.139. The quantitative estimate of drug-likeness (QED) is 0.941. The molecule has 0 aliphatic carbocycles. The first kappa shape index (κ1) is 16.9. The minimum Gasteiger partial charge on any atom is -0.311 e. The maximum absolute atomic E-state index is 4.09. The maximum atomic E-state index is 4.09. The summed E-state index contributed by atoms with van der Waals surface area (Å²) in [6.45, 7) is 7.76. The Hall–Kier alpha value is -1.42. The van der Waals surface area contributed by atoms with Gasteiger partial charge in [0.25, 0.3) is 0 Å². The third-order valence-corrected chi connectivity index (χ3v) is 4.22. The molecule has 2 heterocycles. The van der Waals surface area contributed by atoms with Crippen LogP contribution < -0.4 is 5.32 Å². The van der Waals surface area contributed by atoms with Crippen LogP contribution in [-0.2, 0) is 6.54 Å². The van der Waals surface area contributed by atoms with Crippen LogP contribution in [-0.4, -0.2) is 35.1 Å². The van der Waals surface area contributed by atoms with Crippen LogP contribution in [0.2, 0.25) is 0 Å². The van der Waals surface area contributed by atoms with Crippen molar-refractivity contribution in [2.75, 3.05) is 13.1 Å². The highest BCUT2D eigenvalue weighted by molar-refractivity contribution is 5.85. The first-order valence-corrected chi connectivity index (χ1v) is 7.69. The number of hydrogen-bond acceptors (Lipinski definition) is 3. The molecule has 0 amide bonds. The zero-order valence-corrected chi connectivity index (χ0v) is 14.0. The molecule has 3 rings (SSSR count). The number of pyridine rings is 1. The Labute approximate surface area is 139 Å². The Bertz CT molecular complexity index is 588. The Morgan fingerprint density at radius 3 is 2.68 bits per heavy atom. The van der Waals surface area contributed by atoms with Gasteiger partial charge < -0.3 is 5.32 Å². The molecule has 1 aromatic heterocycles. The molecular weight excluding hydrogens is 294 g/mol. The first-order chi connectivity index (χ1) is 10.2. The van der Waals surface area contributed by atoms with E-state index in [1.807, 2.05) is 12.4 Å². The molecule has 1 aromatic carbocycles.